The Balaban J connectivity index is 1.86. The van der Waals surface area contributed by atoms with E-state index in [0.717, 1.165) is 18.7 Å². The summed E-state index contributed by atoms with van der Waals surface area (Å²) in [6, 6.07) is 0.789. The van der Waals surface area contributed by atoms with Crippen LogP contribution in [-0.2, 0) is 16.1 Å². The normalized spacial score (nSPS) is 20.9. The summed E-state index contributed by atoms with van der Waals surface area (Å²) >= 11 is 0. The molecule has 0 saturated carbocycles. The number of aromatic nitrogens is 3. The van der Waals surface area contributed by atoms with E-state index in [2.05, 4.69) is 34.3 Å². The molecule has 2 atom stereocenters. The lowest BCUT2D eigenvalue weighted by Gasteiger charge is -2.27. The number of carbonyl (C=O) groups excluding carboxylic acids is 2. The van der Waals surface area contributed by atoms with Crippen molar-refractivity contribution in [3.8, 4) is 0 Å². The quantitative estimate of drug-likeness (QED) is 0.787. The van der Waals surface area contributed by atoms with Gasteiger partial charge in [0.05, 0.1) is 6.54 Å². The van der Waals surface area contributed by atoms with Crippen LogP contribution in [0.4, 0.5) is 0 Å². The van der Waals surface area contributed by atoms with Gasteiger partial charge in [-0.25, -0.2) is 0 Å². The van der Waals surface area contributed by atoms with Crippen molar-refractivity contribution < 1.29 is 9.59 Å². The van der Waals surface area contributed by atoms with Crippen molar-refractivity contribution in [2.45, 2.75) is 64.7 Å². The molecule has 0 spiro atoms. The van der Waals surface area contributed by atoms with Crippen molar-refractivity contribution in [1.29, 1.82) is 0 Å². The molecule has 1 N–H and O–H groups in total. The topological polar surface area (TPSA) is 83.4 Å². The fraction of sp³-hybridized carbons (Fsp3) is 0.765. The highest BCUT2D eigenvalue weighted by molar-refractivity contribution is 5.76. The number of nitrogens with one attached hydrogen (secondary N) is 1. The third kappa shape index (κ3) is 5.01. The van der Waals surface area contributed by atoms with E-state index in [4.69, 9.17) is 0 Å². The van der Waals surface area contributed by atoms with Gasteiger partial charge < -0.3 is 14.8 Å². The molecular formula is C17H30N6O2. The monoisotopic (exact) mass is 350 g/mol. The van der Waals surface area contributed by atoms with Crippen molar-refractivity contribution in [2.24, 2.45) is 0 Å². The summed E-state index contributed by atoms with van der Waals surface area (Å²) in [6.07, 6.45) is 4.16. The summed E-state index contributed by atoms with van der Waals surface area (Å²) in [4.78, 5) is 27.6. The van der Waals surface area contributed by atoms with E-state index in [-0.39, 0.29) is 23.9 Å². The summed E-state index contributed by atoms with van der Waals surface area (Å²) in [6.45, 7) is 6.77. The van der Waals surface area contributed by atoms with Crippen LogP contribution in [-0.4, -0.2) is 69.1 Å². The van der Waals surface area contributed by atoms with Crippen LogP contribution in [0, 0.1) is 0 Å². The Bertz CT molecular complexity index is 600. The molecule has 0 radical (unpaired) electrons. The van der Waals surface area contributed by atoms with E-state index in [1.54, 1.807) is 11.2 Å². The molecular weight excluding hydrogens is 320 g/mol. The van der Waals surface area contributed by atoms with Crippen LogP contribution in [0.2, 0.25) is 0 Å². The summed E-state index contributed by atoms with van der Waals surface area (Å²) in [5.41, 5.74) is 0. The molecule has 1 aliphatic rings. The molecule has 1 aromatic heterocycles. The Kier molecular flexibility index (Phi) is 6.52. The number of likely N-dealkylation sites (N-methyl/N-ethyl adjacent to an activating group) is 1. The number of likely N-dealkylation sites (tertiary alicyclic amines) is 1. The fourth-order valence-electron chi connectivity index (χ4n) is 3.31. The van der Waals surface area contributed by atoms with Gasteiger partial charge in [0.1, 0.15) is 6.33 Å². The van der Waals surface area contributed by atoms with Gasteiger partial charge in [-0.15, -0.1) is 10.2 Å². The predicted octanol–water partition coefficient (Wildman–Crippen LogP) is 0.806. The zero-order chi connectivity index (χ0) is 18.6. The smallest absolute Gasteiger partial charge is 0.224 e. The predicted molar refractivity (Wildman–Crippen MR) is 94.8 cm³/mol. The second kappa shape index (κ2) is 8.42. The van der Waals surface area contributed by atoms with Gasteiger partial charge in [-0.2, -0.15) is 0 Å². The standard InChI is InChI=1S/C17H30N6O2/c1-12(2)23-11-19-20-16(23)10-21(4)17(25)8-14-6-7-15(22(14)5)9-18-13(3)24/h11-12,14-15H,6-10H2,1-5H3,(H,18,24)/t14-,15+/m0/s1. The summed E-state index contributed by atoms with van der Waals surface area (Å²) in [5, 5.41) is 10.9. The fourth-order valence-corrected chi connectivity index (χ4v) is 3.31. The van der Waals surface area contributed by atoms with Crippen molar-refractivity contribution in [2.75, 3.05) is 20.6 Å². The van der Waals surface area contributed by atoms with Crippen LogP contribution < -0.4 is 5.32 Å². The maximum Gasteiger partial charge on any atom is 0.224 e. The summed E-state index contributed by atoms with van der Waals surface area (Å²) < 4.78 is 1.98. The molecule has 0 unspecified atom stereocenters. The first-order valence-corrected chi connectivity index (χ1v) is 8.88. The molecule has 1 aliphatic heterocycles. The average Bonchev–Trinajstić information content (AvgIpc) is 3.13. The Hall–Kier alpha value is -1.96. The molecule has 1 saturated heterocycles. The average molecular weight is 350 g/mol. The number of carbonyl (C=O) groups is 2. The minimum absolute atomic E-state index is 0.0121. The lowest BCUT2D eigenvalue weighted by Crippen LogP contribution is -2.42. The van der Waals surface area contributed by atoms with Crippen molar-refractivity contribution in [1.82, 2.24) is 29.9 Å². The zero-order valence-corrected chi connectivity index (χ0v) is 15.9. The van der Waals surface area contributed by atoms with E-state index in [1.807, 2.05) is 18.7 Å². The van der Waals surface area contributed by atoms with Gasteiger partial charge >= 0.3 is 0 Å². The molecule has 25 heavy (non-hydrogen) atoms. The Labute approximate surface area is 149 Å². The minimum atomic E-state index is -0.0121. The number of hydrogen-bond donors (Lipinski definition) is 1. The van der Waals surface area contributed by atoms with Crippen molar-refractivity contribution >= 4 is 11.8 Å². The maximum absolute atomic E-state index is 12.6. The molecule has 0 aromatic carbocycles. The molecule has 0 aliphatic carbocycles. The number of amides is 2. The molecule has 1 aromatic rings. The van der Waals surface area contributed by atoms with Crippen LogP contribution in [0.5, 0.6) is 0 Å². The van der Waals surface area contributed by atoms with Gasteiger partial charge in [0.15, 0.2) is 5.82 Å². The number of nitrogens with zero attached hydrogens (tertiary/aromatic N) is 5. The van der Waals surface area contributed by atoms with Crippen LogP contribution in [0.3, 0.4) is 0 Å². The van der Waals surface area contributed by atoms with Gasteiger partial charge in [0.2, 0.25) is 11.8 Å². The van der Waals surface area contributed by atoms with Crippen LogP contribution >= 0.6 is 0 Å². The molecule has 1 fully saturated rings. The number of rotatable bonds is 7. The van der Waals surface area contributed by atoms with E-state index < -0.39 is 0 Å². The van der Waals surface area contributed by atoms with Crippen LogP contribution in [0.25, 0.3) is 0 Å². The van der Waals surface area contributed by atoms with E-state index >= 15 is 0 Å². The Morgan fingerprint density at radius 2 is 2.04 bits per heavy atom. The SMILES string of the molecule is CC(=O)NC[C@H]1CC[C@@H](CC(=O)N(C)Cc2nncn2C(C)C)N1C. The third-order valence-corrected chi connectivity index (χ3v) is 4.99. The maximum atomic E-state index is 12.6. The van der Waals surface area contributed by atoms with Crippen molar-refractivity contribution in [3.63, 3.8) is 0 Å². The molecule has 140 valence electrons. The molecule has 8 nitrogen and oxygen atoms in total. The lowest BCUT2D eigenvalue weighted by atomic mass is 10.1. The van der Waals surface area contributed by atoms with Crippen LogP contribution in [0.15, 0.2) is 6.33 Å². The highest BCUT2D eigenvalue weighted by Crippen LogP contribution is 2.24. The largest absolute Gasteiger partial charge is 0.355 e. The lowest BCUT2D eigenvalue weighted by molar-refractivity contribution is -0.131. The van der Waals surface area contributed by atoms with E-state index in [9.17, 15) is 9.59 Å². The van der Waals surface area contributed by atoms with Crippen LogP contribution in [0.1, 0.15) is 51.9 Å². The Morgan fingerprint density at radius 3 is 2.68 bits per heavy atom. The molecule has 2 heterocycles. The summed E-state index contributed by atoms with van der Waals surface area (Å²) in [7, 11) is 3.85. The van der Waals surface area contributed by atoms with Gasteiger partial charge in [-0.05, 0) is 33.7 Å². The third-order valence-electron chi connectivity index (χ3n) is 4.99. The summed E-state index contributed by atoms with van der Waals surface area (Å²) in [5.74, 6) is 0.895. The van der Waals surface area contributed by atoms with Crippen molar-refractivity contribution in [3.05, 3.63) is 12.2 Å². The second-order valence-electron chi connectivity index (χ2n) is 7.19. The minimum Gasteiger partial charge on any atom is -0.355 e. The number of hydrogen-bond acceptors (Lipinski definition) is 5. The Morgan fingerprint density at radius 1 is 1.36 bits per heavy atom. The van der Waals surface area contributed by atoms with Gasteiger partial charge in [-0.3, -0.25) is 14.5 Å². The first-order chi connectivity index (χ1) is 11.8. The van der Waals surface area contributed by atoms with E-state index in [0.29, 0.717) is 25.6 Å². The van der Waals surface area contributed by atoms with Gasteiger partial charge in [0.25, 0.3) is 0 Å². The first-order valence-electron chi connectivity index (χ1n) is 8.88. The second-order valence-corrected chi connectivity index (χ2v) is 7.19. The van der Waals surface area contributed by atoms with Gasteiger partial charge in [0, 0.05) is 45.1 Å². The first kappa shape index (κ1) is 19.4. The van der Waals surface area contributed by atoms with Gasteiger partial charge in [-0.1, -0.05) is 0 Å². The molecule has 2 amide bonds. The molecule has 2 rings (SSSR count). The highest BCUT2D eigenvalue weighted by Gasteiger charge is 2.32. The zero-order valence-electron chi connectivity index (χ0n) is 15.9. The van der Waals surface area contributed by atoms with E-state index in [1.165, 1.54) is 6.92 Å². The molecule has 8 heteroatoms. The molecule has 0 bridgehead atoms. The highest BCUT2D eigenvalue weighted by atomic mass is 16.2.